The van der Waals surface area contributed by atoms with Crippen LogP contribution in [0.15, 0.2) is 24.3 Å². The first-order valence-electron chi connectivity index (χ1n) is 7.86. The predicted octanol–water partition coefficient (Wildman–Crippen LogP) is 1.70. The number of nitro benzene ring substituents is 1. The van der Waals surface area contributed by atoms with Gasteiger partial charge in [-0.2, -0.15) is 0 Å². The summed E-state index contributed by atoms with van der Waals surface area (Å²) in [6.07, 6.45) is 3.57. The number of hydrogen-bond donors (Lipinski definition) is 2. The van der Waals surface area contributed by atoms with Crippen molar-refractivity contribution in [3.05, 3.63) is 34.4 Å². The maximum atomic E-state index is 12.2. The van der Waals surface area contributed by atoms with Gasteiger partial charge in [0, 0.05) is 25.8 Å². The fourth-order valence-electron chi connectivity index (χ4n) is 3.00. The monoisotopic (exact) mass is 321 g/mol. The van der Waals surface area contributed by atoms with Crippen molar-refractivity contribution in [2.24, 2.45) is 5.92 Å². The Balaban J connectivity index is 1.89. The third-order valence-corrected chi connectivity index (χ3v) is 4.34. The van der Waals surface area contributed by atoms with E-state index in [9.17, 15) is 14.9 Å². The highest BCUT2D eigenvalue weighted by Gasteiger charge is 2.23. The van der Waals surface area contributed by atoms with Gasteiger partial charge in [-0.05, 0) is 37.7 Å². The summed E-state index contributed by atoms with van der Waals surface area (Å²) in [5, 5.41) is 23.2. The van der Waals surface area contributed by atoms with Crippen LogP contribution >= 0.6 is 0 Å². The first-order chi connectivity index (χ1) is 11.0. The van der Waals surface area contributed by atoms with Crippen molar-refractivity contribution < 1.29 is 14.8 Å². The van der Waals surface area contributed by atoms with Crippen molar-refractivity contribution in [3.63, 3.8) is 0 Å². The van der Waals surface area contributed by atoms with Crippen molar-refractivity contribution >= 4 is 17.3 Å². The molecular formula is C16H23N3O4. The van der Waals surface area contributed by atoms with Gasteiger partial charge in [-0.25, -0.2) is 0 Å². The lowest BCUT2D eigenvalue weighted by molar-refractivity contribution is -0.384. The summed E-state index contributed by atoms with van der Waals surface area (Å²) in [5.74, 6) is 0.205. The maximum absolute atomic E-state index is 12.2. The van der Waals surface area contributed by atoms with Gasteiger partial charge in [-0.15, -0.1) is 0 Å². The second-order valence-electron chi connectivity index (χ2n) is 6.07. The van der Waals surface area contributed by atoms with E-state index in [0.717, 1.165) is 25.7 Å². The van der Waals surface area contributed by atoms with Gasteiger partial charge in [-0.3, -0.25) is 14.9 Å². The largest absolute Gasteiger partial charge is 0.396 e. The van der Waals surface area contributed by atoms with Crippen molar-refractivity contribution in [3.8, 4) is 0 Å². The molecule has 1 fully saturated rings. The minimum Gasteiger partial charge on any atom is -0.396 e. The van der Waals surface area contributed by atoms with Crippen LogP contribution in [0.2, 0.25) is 0 Å². The molecule has 126 valence electrons. The molecule has 0 spiro atoms. The zero-order valence-corrected chi connectivity index (χ0v) is 13.3. The van der Waals surface area contributed by atoms with E-state index in [0.29, 0.717) is 11.6 Å². The molecule has 1 aromatic rings. The molecule has 1 saturated carbocycles. The Bertz CT molecular complexity index is 556. The minimum atomic E-state index is -0.445. The Hall–Kier alpha value is -2.15. The molecule has 2 rings (SSSR count). The van der Waals surface area contributed by atoms with Crippen LogP contribution in [0.25, 0.3) is 0 Å². The number of hydrogen-bond acceptors (Lipinski definition) is 5. The fraction of sp³-hybridized carbons (Fsp3) is 0.562. The summed E-state index contributed by atoms with van der Waals surface area (Å²) < 4.78 is 0. The topological polar surface area (TPSA) is 95.7 Å². The highest BCUT2D eigenvalue weighted by atomic mass is 16.6. The number of nitrogens with zero attached hydrogens (tertiary/aromatic N) is 2. The van der Waals surface area contributed by atoms with Crippen LogP contribution in [0.3, 0.4) is 0 Å². The molecule has 2 N–H and O–H groups in total. The molecular weight excluding hydrogens is 298 g/mol. The standard InChI is InChI=1S/C16H23N3O4/c1-18(14-4-2-3-5-15(14)19(22)23)10-16(21)17-13-8-6-12(11-20)7-9-13/h2-5,12-13,20H,6-11H2,1H3,(H,17,21). The van der Waals surface area contributed by atoms with Crippen LogP contribution in [0.5, 0.6) is 0 Å². The number of rotatable bonds is 6. The predicted molar refractivity (Wildman–Crippen MR) is 87.3 cm³/mol. The van der Waals surface area contributed by atoms with Crippen LogP contribution in [0.4, 0.5) is 11.4 Å². The molecule has 0 unspecified atom stereocenters. The van der Waals surface area contributed by atoms with E-state index in [4.69, 9.17) is 5.11 Å². The number of para-hydroxylation sites is 2. The third kappa shape index (κ3) is 4.66. The molecule has 0 heterocycles. The first kappa shape index (κ1) is 17.2. The molecule has 1 aromatic carbocycles. The van der Waals surface area contributed by atoms with E-state index in [1.807, 2.05) is 0 Å². The summed E-state index contributed by atoms with van der Waals surface area (Å²) in [7, 11) is 1.67. The molecule has 1 aliphatic rings. The lowest BCUT2D eigenvalue weighted by Gasteiger charge is -2.28. The molecule has 0 bridgehead atoms. The normalized spacial score (nSPS) is 20.8. The van der Waals surface area contributed by atoms with Gasteiger partial charge < -0.3 is 15.3 Å². The Labute approximate surface area is 135 Å². The molecule has 0 atom stereocenters. The average Bonchev–Trinajstić information content (AvgIpc) is 2.55. The van der Waals surface area contributed by atoms with Crippen molar-refractivity contribution in [1.82, 2.24) is 5.32 Å². The number of carbonyl (C=O) groups is 1. The van der Waals surface area contributed by atoms with E-state index in [1.165, 1.54) is 6.07 Å². The number of nitro groups is 1. The van der Waals surface area contributed by atoms with Crippen molar-refractivity contribution in [2.75, 3.05) is 25.1 Å². The second-order valence-corrected chi connectivity index (χ2v) is 6.07. The van der Waals surface area contributed by atoms with Crippen LogP contribution in [0, 0.1) is 16.0 Å². The van der Waals surface area contributed by atoms with Crippen LogP contribution in [-0.4, -0.2) is 42.2 Å². The van der Waals surface area contributed by atoms with Crippen molar-refractivity contribution in [2.45, 2.75) is 31.7 Å². The van der Waals surface area contributed by atoms with Crippen LogP contribution in [0.1, 0.15) is 25.7 Å². The Morgan fingerprint density at radius 2 is 2.00 bits per heavy atom. The number of aliphatic hydroxyl groups is 1. The molecule has 7 heteroatoms. The van der Waals surface area contributed by atoms with E-state index >= 15 is 0 Å². The highest BCUT2D eigenvalue weighted by molar-refractivity contribution is 5.82. The summed E-state index contributed by atoms with van der Waals surface area (Å²) >= 11 is 0. The Morgan fingerprint density at radius 3 is 2.61 bits per heavy atom. The number of anilines is 1. The van der Waals surface area contributed by atoms with Crippen molar-refractivity contribution in [1.29, 1.82) is 0 Å². The van der Waals surface area contributed by atoms with E-state index in [2.05, 4.69) is 5.32 Å². The molecule has 0 aliphatic heterocycles. The molecule has 0 aromatic heterocycles. The number of aliphatic hydroxyl groups excluding tert-OH is 1. The maximum Gasteiger partial charge on any atom is 0.292 e. The van der Waals surface area contributed by atoms with Gasteiger partial charge in [0.1, 0.15) is 5.69 Å². The van der Waals surface area contributed by atoms with Gasteiger partial charge in [-0.1, -0.05) is 12.1 Å². The molecule has 1 aliphatic carbocycles. The minimum absolute atomic E-state index is 0.00810. The number of amides is 1. The lowest BCUT2D eigenvalue weighted by Crippen LogP contribution is -2.43. The van der Waals surface area contributed by atoms with Crippen LogP contribution in [-0.2, 0) is 4.79 Å². The number of benzene rings is 1. The Kier molecular flexibility index (Phi) is 5.92. The van der Waals surface area contributed by atoms with E-state index in [-0.39, 0.29) is 30.8 Å². The van der Waals surface area contributed by atoms with E-state index < -0.39 is 4.92 Å². The fourth-order valence-corrected chi connectivity index (χ4v) is 3.00. The average molecular weight is 321 g/mol. The summed E-state index contributed by atoms with van der Waals surface area (Å²) in [4.78, 5) is 24.3. The quantitative estimate of drug-likeness (QED) is 0.614. The summed E-state index contributed by atoms with van der Waals surface area (Å²) in [6, 6.07) is 6.52. The SMILES string of the molecule is CN(CC(=O)NC1CCC(CO)CC1)c1ccccc1[N+](=O)[O-]. The zero-order chi connectivity index (χ0) is 16.8. The molecule has 1 amide bonds. The van der Waals surface area contributed by atoms with Crippen LogP contribution < -0.4 is 10.2 Å². The number of likely N-dealkylation sites (N-methyl/N-ethyl adjacent to an activating group) is 1. The first-order valence-corrected chi connectivity index (χ1v) is 7.86. The lowest BCUT2D eigenvalue weighted by atomic mass is 9.86. The van der Waals surface area contributed by atoms with E-state index in [1.54, 1.807) is 30.1 Å². The smallest absolute Gasteiger partial charge is 0.292 e. The molecule has 0 saturated heterocycles. The third-order valence-electron chi connectivity index (χ3n) is 4.34. The van der Waals surface area contributed by atoms with Gasteiger partial charge in [0.15, 0.2) is 0 Å². The van der Waals surface area contributed by atoms with Gasteiger partial charge in [0.2, 0.25) is 5.91 Å². The summed E-state index contributed by atoms with van der Waals surface area (Å²) in [6.45, 7) is 0.284. The Morgan fingerprint density at radius 1 is 1.35 bits per heavy atom. The number of carbonyl (C=O) groups excluding carboxylic acids is 1. The second kappa shape index (κ2) is 7.92. The summed E-state index contributed by atoms with van der Waals surface area (Å²) in [5.41, 5.74) is 0.419. The molecule has 0 radical (unpaired) electrons. The molecule has 23 heavy (non-hydrogen) atoms. The van der Waals surface area contributed by atoms with Gasteiger partial charge in [0.25, 0.3) is 5.69 Å². The molecule has 7 nitrogen and oxygen atoms in total. The highest BCUT2D eigenvalue weighted by Crippen LogP contribution is 2.26. The van der Waals surface area contributed by atoms with Gasteiger partial charge >= 0.3 is 0 Å². The zero-order valence-electron chi connectivity index (χ0n) is 13.3. The van der Waals surface area contributed by atoms with Gasteiger partial charge in [0.05, 0.1) is 11.5 Å². The number of nitrogens with one attached hydrogen (secondary N) is 1.